The van der Waals surface area contributed by atoms with Crippen molar-refractivity contribution in [3.8, 4) is 0 Å². The maximum absolute atomic E-state index is 10.1. The van der Waals surface area contributed by atoms with Gasteiger partial charge in [0.05, 0.1) is 6.10 Å². The Hall–Kier alpha value is -1.10. The number of rotatable bonds is 6. The Morgan fingerprint density at radius 1 is 1.39 bits per heavy atom. The van der Waals surface area contributed by atoms with E-state index < -0.39 is 0 Å². The molecular weight excluding hydrogens is 244 g/mol. The van der Waals surface area contributed by atoms with Crippen LogP contribution in [0.25, 0.3) is 0 Å². The van der Waals surface area contributed by atoms with Crippen molar-refractivity contribution in [2.75, 3.05) is 0 Å². The molecular formula is C14H20N2OS. The second-order valence-electron chi connectivity index (χ2n) is 4.66. The number of aliphatic hydroxyl groups is 1. The SMILES string of the molecule is C[C@@H](C[C@H](O)c1cccs1)NCc1cccn1C. The summed E-state index contributed by atoms with van der Waals surface area (Å²) in [6.45, 7) is 2.95. The highest BCUT2D eigenvalue weighted by Crippen LogP contribution is 2.22. The van der Waals surface area contributed by atoms with E-state index in [4.69, 9.17) is 0 Å². The van der Waals surface area contributed by atoms with Gasteiger partial charge in [0.15, 0.2) is 0 Å². The van der Waals surface area contributed by atoms with Crippen LogP contribution in [0.4, 0.5) is 0 Å². The molecule has 0 unspecified atom stereocenters. The Morgan fingerprint density at radius 3 is 2.83 bits per heavy atom. The van der Waals surface area contributed by atoms with Gasteiger partial charge in [-0.15, -0.1) is 11.3 Å². The molecule has 2 aromatic rings. The quantitative estimate of drug-likeness (QED) is 0.841. The summed E-state index contributed by atoms with van der Waals surface area (Å²) in [5.74, 6) is 0. The van der Waals surface area contributed by atoms with Gasteiger partial charge in [-0.3, -0.25) is 0 Å². The van der Waals surface area contributed by atoms with Crippen LogP contribution >= 0.6 is 11.3 Å². The van der Waals surface area contributed by atoms with E-state index in [2.05, 4.69) is 22.9 Å². The molecule has 0 aliphatic rings. The summed E-state index contributed by atoms with van der Waals surface area (Å²) in [7, 11) is 2.04. The van der Waals surface area contributed by atoms with Crippen molar-refractivity contribution >= 4 is 11.3 Å². The van der Waals surface area contributed by atoms with Crippen molar-refractivity contribution in [3.05, 3.63) is 46.4 Å². The molecule has 2 atom stereocenters. The minimum atomic E-state index is -0.360. The van der Waals surface area contributed by atoms with E-state index >= 15 is 0 Å². The highest BCUT2D eigenvalue weighted by molar-refractivity contribution is 7.10. The van der Waals surface area contributed by atoms with Crippen molar-refractivity contribution in [1.29, 1.82) is 0 Å². The van der Waals surface area contributed by atoms with E-state index in [1.807, 2.05) is 36.8 Å². The average Bonchev–Trinajstić information content (AvgIpc) is 2.97. The van der Waals surface area contributed by atoms with E-state index in [1.54, 1.807) is 11.3 Å². The second kappa shape index (κ2) is 6.18. The van der Waals surface area contributed by atoms with Crippen molar-refractivity contribution in [1.82, 2.24) is 9.88 Å². The molecule has 0 aromatic carbocycles. The standard InChI is InChI=1S/C14H20N2OS/c1-11(9-13(17)14-6-4-8-18-14)15-10-12-5-3-7-16(12)2/h3-8,11,13,15,17H,9-10H2,1-2H3/t11-,13-/m0/s1. The Bertz CT molecular complexity index is 464. The highest BCUT2D eigenvalue weighted by atomic mass is 32.1. The molecule has 0 bridgehead atoms. The summed E-state index contributed by atoms with van der Waals surface area (Å²) in [6.07, 6.45) is 2.42. The molecule has 0 aliphatic carbocycles. The van der Waals surface area contributed by atoms with E-state index in [9.17, 15) is 5.11 Å². The molecule has 98 valence electrons. The molecule has 0 amide bonds. The van der Waals surface area contributed by atoms with Gasteiger partial charge in [-0.25, -0.2) is 0 Å². The topological polar surface area (TPSA) is 37.2 Å². The average molecular weight is 264 g/mol. The van der Waals surface area contributed by atoms with E-state index in [0.29, 0.717) is 0 Å². The first-order valence-corrected chi connectivity index (χ1v) is 7.10. The first kappa shape index (κ1) is 13.3. The van der Waals surface area contributed by atoms with Crippen molar-refractivity contribution in [2.45, 2.75) is 32.0 Å². The maximum atomic E-state index is 10.1. The monoisotopic (exact) mass is 264 g/mol. The van der Waals surface area contributed by atoms with Gasteiger partial charge in [0, 0.05) is 36.4 Å². The molecule has 0 aliphatic heterocycles. The number of nitrogens with zero attached hydrogens (tertiary/aromatic N) is 1. The van der Waals surface area contributed by atoms with E-state index in [0.717, 1.165) is 17.8 Å². The minimum Gasteiger partial charge on any atom is -0.388 e. The normalized spacial score (nSPS) is 14.6. The Balaban J connectivity index is 1.79. The summed E-state index contributed by atoms with van der Waals surface area (Å²) in [6, 6.07) is 8.40. The maximum Gasteiger partial charge on any atom is 0.0896 e. The van der Waals surface area contributed by atoms with Gasteiger partial charge in [0.1, 0.15) is 0 Å². The van der Waals surface area contributed by atoms with E-state index in [1.165, 1.54) is 5.69 Å². The molecule has 0 radical (unpaired) electrons. The van der Waals surface area contributed by atoms with Crippen molar-refractivity contribution in [2.24, 2.45) is 7.05 Å². The summed E-state index contributed by atoms with van der Waals surface area (Å²) in [4.78, 5) is 1.04. The van der Waals surface area contributed by atoms with Crippen molar-refractivity contribution in [3.63, 3.8) is 0 Å². The Labute approximate surface area is 112 Å². The molecule has 4 heteroatoms. The lowest BCUT2D eigenvalue weighted by Gasteiger charge is -2.17. The largest absolute Gasteiger partial charge is 0.388 e. The molecule has 2 heterocycles. The zero-order valence-electron chi connectivity index (χ0n) is 10.8. The molecule has 3 nitrogen and oxygen atoms in total. The van der Waals surface area contributed by atoms with Gasteiger partial charge in [0.2, 0.25) is 0 Å². The first-order valence-electron chi connectivity index (χ1n) is 6.22. The summed E-state index contributed by atoms with van der Waals surface area (Å²) >= 11 is 1.61. The lowest BCUT2D eigenvalue weighted by Crippen LogP contribution is -2.28. The number of hydrogen-bond donors (Lipinski definition) is 2. The predicted octanol–water partition coefficient (Wildman–Crippen LogP) is 2.69. The number of aliphatic hydroxyl groups excluding tert-OH is 1. The Morgan fingerprint density at radius 2 is 2.22 bits per heavy atom. The third kappa shape index (κ3) is 3.45. The summed E-state index contributed by atoms with van der Waals surface area (Å²) in [5.41, 5.74) is 1.26. The second-order valence-corrected chi connectivity index (χ2v) is 5.64. The molecule has 2 N–H and O–H groups in total. The van der Waals surface area contributed by atoms with Gasteiger partial charge in [0.25, 0.3) is 0 Å². The summed E-state index contributed by atoms with van der Waals surface area (Å²) < 4.78 is 2.11. The number of hydrogen-bond acceptors (Lipinski definition) is 3. The molecule has 0 saturated carbocycles. The van der Waals surface area contributed by atoms with Gasteiger partial charge in [-0.1, -0.05) is 6.07 Å². The molecule has 0 fully saturated rings. The molecule has 0 spiro atoms. The van der Waals surface area contributed by atoms with E-state index in [-0.39, 0.29) is 12.1 Å². The van der Waals surface area contributed by atoms with Crippen LogP contribution in [-0.2, 0) is 13.6 Å². The zero-order valence-corrected chi connectivity index (χ0v) is 11.7. The highest BCUT2D eigenvalue weighted by Gasteiger charge is 2.13. The van der Waals surface area contributed by atoms with Gasteiger partial charge in [-0.2, -0.15) is 0 Å². The Kier molecular flexibility index (Phi) is 4.58. The number of aryl methyl sites for hydroxylation is 1. The van der Waals surface area contributed by atoms with Gasteiger partial charge < -0.3 is 15.0 Å². The fourth-order valence-corrected chi connectivity index (χ4v) is 2.70. The number of nitrogens with one attached hydrogen (secondary N) is 1. The predicted molar refractivity (Wildman–Crippen MR) is 75.6 cm³/mol. The smallest absolute Gasteiger partial charge is 0.0896 e. The molecule has 2 rings (SSSR count). The third-order valence-corrected chi connectivity index (χ3v) is 4.10. The fourth-order valence-electron chi connectivity index (χ4n) is 1.97. The van der Waals surface area contributed by atoms with Crippen LogP contribution in [0.3, 0.4) is 0 Å². The molecule has 18 heavy (non-hydrogen) atoms. The zero-order chi connectivity index (χ0) is 13.0. The van der Waals surface area contributed by atoms with Crippen LogP contribution in [-0.4, -0.2) is 15.7 Å². The fraction of sp³-hybridized carbons (Fsp3) is 0.429. The first-order chi connectivity index (χ1) is 8.66. The van der Waals surface area contributed by atoms with Crippen LogP contribution in [0.2, 0.25) is 0 Å². The lowest BCUT2D eigenvalue weighted by molar-refractivity contribution is 0.157. The van der Waals surface area contributed by atoms with Gasteiger partial charge in [-0.05, 0) is 36.9 Å². The van der Waals surface area contributed by atoms with Crippen molar-refractivity contribution < 1.29 is 5.11 Å². The number of aromatic nitrogens is 1. The van der Waals surface area contributed by atoms with Crippen LogP contribution in [0.1, 0.15) is 30.0 Å². The third-order valence-electron chi connectivity index (χ3n) is 3.13. The summed E-state index contributed by atoms with van der Waals surface area (Å²) in [5, 5.41) is 15.5. The molecule has 2 aromatic heterocycles. The molecule has 0 saturated heterocycles. The van der Waals surface area contributed by atoms with Crippen LogP contribution in [0, 0.1) is 0 Å². The minimum absolute atomic E-state index is 0.289. The van der Waals surface area contributed by atoms with Gasteiger partial charge >= 0.3 is 0 Å². The van der Waals surface area contributed by atoms with Crippen LogP contribution < -0.4 is 5.32 Å². The van der Waals surface area contributed by atoms with Crippen LogP contribution in [0.15, 0.2) is 35.8 Å². The number of thiophene rings is 1. The lowest BCUT2D eigenvalue weighted by atomic mass is 10.1. The van der Waals surface area contributed by atoms with Crippen LogP contribution in [0.5, 0.6) is 0 Å².